The third-order valence-corrected chi connectivity index (χ3v) is 2.81. The molecule has 1 atom stereocenters. The Kier molecular flexibility index (Phi) is 4.83. The van der Waals surface area contributed by atoms with Crippen molar-refractivity contribution >= 4 is 0 Å². The second kappa shape index (κ2) is 6.62. The summed E-state index contributed by atoms with van der Waals surface area (Å²) < 4.78 is 16.6. The minimum atomic E-state index is -0.0228. The molecule has 1 heterocycles. The number of rotatable bonds is 5. The Hall–Kier alpha value is -1.06. The Balaban J connectivity index is 1.60. The summed E-state index contributed by atoms with van der Waals surface area (Å²) in [6.45, 7) is 4.04. The van der Waals surface area contributed by atoms with E-state index in [1.165, 1.54) is 12.0 Å². The largest absolute Gasteiger partial charge is 0.491 e. The predicted octanol–water partition coefficient (Wildman–Crippen LogP) is 2.92. The van der Waals surface area contributed by atoms with Crippen molar-refractivity contribution in [1.29, 1.82) is 0 Å². The fraction of sp³-hybridized carbons (Fsp3) is 0.571. The van der Waals surface area contributed by atoms with E-state index in [1.54, 1.807) is 0 Å². The van der Waals surface area contributed by atoms with Crippen LogP contribution in [-0.2, 0) is 9.47 Å². The van der Waals surface area contributed by atoms with Crippen LogP contribution in [0.5, 0.6) is 5.75 Å². The average molecular weight is 236 g/mol. The van der Waals surface area contributed by atoms with Crippen molar-refractivity contribution in [2.24, 2.45) is 0 Å². The van der Waals surface area contributed by atoms with Gasteiger partial charge in [0.05, 0.1) is 6.61 Å². The van der Waals surface area contributed by atoms with Crippen molar-refractivity contribution in [2.45, 2.75) is 32.5 Å². The lowest BCUT2D eigenvalue weighted by molar-refractivity contribution is -0.165. The zero-order valence-electron chi connectivity index (χ0n) is 10.4. The van der Waals surface area contributed by atoms with Crippen LogP contribution in [0, 0.1) is 6.92 Å². The van der Waals surface area contributed by atoms with Crippen LogP contribution in [0.15, 0.2) is 24.3 Å². The molecule has 1 saturated heterocycles. The van der Waals surface area contributed by atoms with Crippen LogP contribution in [0.3, 0.4) is 0 Å². The van der Waals surface area contributed by atoms with Crippen LogP contribution in [0.4, 0.5) is 0 Å². The van der Waals surface area contributed by atoms with Gasteiger partial charge in [-0.3, -0.25) is 0 Å². The van der Waals surface area contributed by atoms with E-state index in [0.29, 0.717) is 13.2 Å². The van der Waals surface area contributed by atoms with Gasteiger partial charge in [-0.1, -0.05) is 17.7 Å². The van der Waals surface area contributed by atoms with Crippen molar-refractivity contribution in [3.8, 4) is 5.75 Å². The molecule has 2 rings (SSSR count). The van der Waals surface area contributed by atoms with Gasteiger partial charge in [-0.05, 0) is 38.3 Å². The molecule has 3 heteroatoms. The fourth-order valence-electron chi connectivity index (χ4n) is 1.82. The first-order valence-corrected chi connectivity index (χ1v) is 6.27. The number of hydrogen-bond donors (Lipinski definition) is 0. The van der Waals surface area contributed by atoms with E-state index < -0.39 is 0 Å². The summed E-state index contributed by atoms with van der Waals surface area (Å²) in [6.07, 6.45) is 3.33. The van der Waals surface area contributed by atoms with Gasteiger partial charge in [0.15, 0.2) is 6.29 Å². The van der Waals surface area contributed by atoms with E-state index in [2.05, 4.69) is 6.92 Å². The van der Waals surface area contributed by atoms with E-state index >= 15 is 0 Å². The van der Waals surface area contributed by atoms with Crippen LogP contribution < -0.4 is 4.74 Å². The molecule has 94 valence electrons. The van der Waals surface area contributed by atoms with Crippen LogP contribution in [0.1, 0.15) is 24.8 Å². The molecule has 1 aromatic rings. The zero-order valence-corrected chi connectivity index (χ0v) is 10.4. The molecule has 0 saturated carbocycles. The first-order valence-electron chi connectivity index (χ1n) is 6.27. The van der Waals surface area contributed by atoms with Crippen molar-refractivity contribution < 1.29 is 14.2 Å². The van der Waals surface area contributed by atoms with Crippen molar-refractivity contribution in [3.63, 3.8) is 0 Å². The van der Waals surface area contributed by atoms with Crippen molar-refractivity contribution in [3.05, 3.63) is 29.8 Å². The molecule has 0 N–H and O–H groups in total. The van der Waals surface area contributed by atoms with Crippen LogP contribution in [0.25, 0.3) is 0 Å². The zero-order chi connectivity index (χ0) is 11.9. The number of ether oxygens (including phenoxy) is 3. The summed E-state index contributed by atoms with van der Waals surface area (Å²) in [5.74, 6) is 0.892. The van der Waals surface area contributed by atoms with Crippen molar-refractivity contribution in [1.82, 2.24) is 0 Å². The van der Waals surface area contributed by atoms with E-state index in [9.17, 15) is 0 Å². The number of hydrogen-bond acceptors (Lipinski definition) is 3. The molecule has 0 aliphatic carbocycles. The number of benzene rings is 1. The highest BCUT2D eigenvalue weighted by Crippen LogP contribution is 2.14. The minimum Gasteiger partial charge on any atom is -0.491 e. The highest BCUT2D eigenvalue weighted by molar-refractivity contribution is 5.26. The smallest absolute Gasteiger partial charge is 0.157 e. The highest BCUT2D eigenvalue weighted by Gasteiger charge is 2.13. The van der Waals surface area contributed by atoms with E-state index in [-0.39, 0.29) is 6.29 Å². The molecule has 0 aromatic heterocycles. The summed E-state index contributed by atoms with van der Waals surface area (Å²) >= 11 is 0. The van der Waals surface area contributed by atoms with E-state index in [0.717, 1.165) is 25.2 Å². The maximum Gasteiger partial charge on any atom is 0.157 e. The molecule has 1 aromatic carbocycles. The third kappa shape index (κ3) is 4.36. The molecule has 0 radical (unpaired) electrons. The van der Waals surface area contributed by atoms with Gasteiger partial charge in [0.1, 0.15) is 12.4 Å². The second-order valence-electron chi connectivity index (χ2n) is 4.33. The lowest BCUT2D eigenvalue weighted by atomic mass is 10.2. The van der Waals surface area contributed by atoms with E-state index in [4.69, 9.17) is 14.2 Å². The molecule has 0 unspecified atom stereocenters. The van der Waals surface area contributed by atoms with Gasteiger partial charge in [0.2, 0.25) is 0 Å². The summed E-state index contributed by atoms with van der Waals surface area (Å²) in [4.78, 5) is 0. The Morgan fingerprint density at radius 1 is 1.18 bits per heavy atom. The van der Waals surface area contributed by atoms with Gasteiger partial charge < -0.3 is 14.2 Å². The maximum absolute atomic E-state index is 5.58. The normalized spacial score (nSPS) is 20.2. The van der Waals surface area contributed by atoms with Gasteiger partial charge in [-0.15, -0.1) is 0 Å². The molecule has 17 heavy (non-hydrogen) atoms. The maximum atomic E-state index is 5.58. The lowest BCUT2D eigenvalue weighted by Gasteiger charge is -2.22. The standard InChI is InChI=1S/C14H20O3/c1-12-5-7-13(8-6-12)15-10-11-17-14-4-2-3-9-16-14/h5-8,14H,2-4,9-11H2,1H3/t14-/m0/s1. The lowest BCUT2D eigenvalue weighted by Crippen LogP contribution is -2.24. The first-order chi connectivity index (χ1) is 8.34. The van der Waals surface area contributed by atoms with Gasteiger partial charge in [0, 0.05) is 6.61 Å². The molecule has 0 amide bonds. The Bertz CT molecular complexity index is 315. The average Bonchev–Trinajstić information content (AvgIpc) is 2.38. The third-order valence-electron chi connectivity index (χ3n) is 2.81. The Morgan fingerprint density at radius 2 is 2.00 bits per heavy atom. The van der Waals surface area contributed by atoms with Gasteiger partial charge in [0.25, 0.3) is 0 Å². The first kappa shape index (κ1) is 12.4. The monoisotopic (exact) mass is 236 g/mol. The minimum absolute atomic E-state index is 0.0228. The molecule has 1 aliphatic heterocycles. The van der Waals surface area contributed by atoms with Crippen LogP contribution in [0.2, 0.25) is 0 Å². The Labute approximate surface area is 103 Å². The molecular formula is C14H20O3. The molecule has 0 spiro atoms. The predicted molar refractivity (Wildman–Crippen MR) is 66.2 cm³/mol. The van der Waals surface area contributed by atoms with Gasteiger partial charge in [-0.25, -0.2) is 0 Å². The SMILES string of the molecule is Cc1ccc(OCCO[C@H]2CCCCO2)cc1. The van der Waals surface area contributed by atoms with E-state index in [1.807, 2.05) is 24.3 Å². The summed E-state index contributed by atoms with van der Waals surface area (Å²) in [7, 11) is 0. The fourth-order valence-corrected chi connectivity index (χ4v) is 1.82. The molecule has 1 fully saturated rings. The summed E-state index contributed by atoms with van der Waals surface area (Å²) in [5.41, 5.74) is 1.24. The molecule has 0 bridgehead atoms. The highest BCUT2D eigenvalue weighted by atomic mass is 16.7. The number of aryl methyl sites for hydroxylation is 1. The topological polar surface area (TPSA) is 27.7 Å². The quantitative estimate of drug-likeness (QED) is 0.736. The summed E-state index contributed by atoms with van der Waals surface area (Å²) in [5, 5.41) is 0. The van der Waals surface area contributed by atoms with Crippen molar-refractivity contribution in [2.75, 3.05) is 19.8 Å². The summed E-state index contributed by atoms with van der Waals surface area (Å²) in [6, 6.07) is 8.04. The van der Waals surface area contributed by atoms with Gasteiger partial charge in [-0.2, -0.15) is 0 Å². The van der Waals surface area contributed by atoms with Gasteiger partial charge >= 0.3 is 0 Å². The molecule has 1 aliphatic rings. The van der Waals surface area contributed by atoms with Crippen LogP contribution in [-0.4, -0.2) is 26.1 Å². The second-order valence-corrected chi connectivity index (χ2v) is 4.33. The Morgan fingerprint density at radius 3 is 2.71 bits per heavy atom. The van der Waals surface area contributed by atoms with Crippen LogP contribution >= 0.6 is 0 Å². The molecular weight excluding hydrogens is 216 g/mol. The molecule has 3 nitrogen and oxygen atoms in total.